The first kappa shape index (κ1) is 19.6. The van der Waals surface area contributed by atoms with Crippen molar-refractivity contribution in [2.45, 2.75) is 13.1 Å². The highest BCUT2D eigenvalue weighted by Gasteiger charge is 2.34. The zero-order chi connectivity index (χ0) is 20.6. The molecule has 0 saturated carbocycles. The molecule has 2 aromatic heterocycles. The molecule has 0 aliphatic rings. The van der Waals surface area contributed by atoms with Crippen LogP contribution in [0.1, 0.15) is 11.3 Å². The summed E-state index contributed by atoms with van der Waals surface area (Å²) in [5.41, 5.74) is 0.0952. The predicted molar refractivity (Wildman–Crippen MR) is 97.3 cm³/mol. The van der Waals surface area contributed by atoms with Crippen molar-refractivity contribution in [2.75, 3.05) is 10.2 Å². The quantitative estimate of drug-likeness (QED) is 0.657. The smallest absolute Gasteiger partial charge is 0.306 e. The first-order valence-corrected chi connectivity index (χ1v) is 8.21. The molecule has 28 heavy (non-hydrogen) atoms. The molecular formula is C17H13ClF3N5O2. The van der Waals surface area contributed by atoms with Crippen LogP contribution in [0.2, 0.25) is 5.02 Å². The van der Waals surface area contributed by atoms with Gasteiger partial charge in [0.25, 0.3) is 0 Å². The Balaban J connectivity index is 1.90. The fourth-order valence-electron chi connectivity index (χ4n) is 2.67. The Labute approximate surface area is 161 Å². The van der Waals surface area contributed by atoms with E-state index in [1.165, 1.54) is 6.20 Å². The lowest BCUT2D eigenvalue weighted by Crippen LogP contribution is -2.34. The highest BCUT2D eigenvalue weighted by atomic mass is 35.5. The van der Waals surface area contributed by atoms with Crippen LogP contribution in [0.15, 0.2) is 30.5 Å². The topological polar surface area (TPSA) is 80.1 Å². The summed E-state index contributed by atoms with van der Waals surface area (Å²) in [5.74, 6) is 0. The predicted octanol–water partition coefficient (Wildman–Crippen LogP) is 4.14. The molecule has 0 unspecified atom stereocenters. The second-order valence-corrected chi connectivity index (χ2v) is 6.28. The Hall–Kier alpha value is -3.14. The summed E-state index contributed by atoms with van der Waals surface area (Å²) >= 11 is 5.57. The van der Waals surface area contributed by atoms with Crippen molar-refractivity contribution in [3.05, 3.63) is 46.7 Å². The number of pyridine rings is 1. The molecule has 11 heteroatoms. The van der Waals surface area contributed by atoms with Gasteiger partial charge < -0.3 is 5.32 Å². The molecule has 1 aromatic carbocycles. The van der Waals surface area contributed by atoms with Crippen molar-refractivity contribution in [3.8, 4) is 0 Å². The Bertz CT molecular complexity index is 1080. The molecule has 0 spiro atoms. The zero-order valence-electron chi connectivity index (χ0n) is 14.6. The average Bonchev–Trinajstić information content (AvgIpc) is 2.89. The summed E-state index contributed by atoms with van der Waals surface area (Å²) in [6.45, 7) is 1.76. The minimum Gasteiger partial charge on any atom is -0.306 e. The van der Waals surface area contributed by atoms with Gasteiger partial charge in [-0.15, -0.1) is 0 Å². The zero-order valence-corrected chi connectivity index (χ0v) is 15.3. The van der Waals surface area contributed by atoms with E-state index < -0.39 is 22.8 Å². The second-order valence-electron chi connectivity index (χ2n) is 5.87. The molecule has 3 aromatic rings. The summed E-state index contributed by atoms with van der Waals surface area (Å²) in [7, 11) is 1.72. The normalized spacial score (nSPS) is 11.5. The monoisotopic (exact) mass is 411 g/mol. The number of aromatic nitrogens is 3. The van der Waals surface area contributed by atoms with Crippen LogP contribution in [0.3, 0.4) is 0 Å². The molecule has 0 radical (unpaired) electrons. The number of nitrogens with one attached hydrogen (secondary N) is 1. The van der Waals surface area contributed by atoms with Crippen LogP contribution in [0, 0.1) is 6.92 Å². The number of fused-ring (bicyclic) bond motifs is 1. The van der Waals surface area contributed by atoms with Crippen molar-refractivity contribution in [1.29, 1.82) is 0 Å². The minimum atomic E-state index is -4.73. The molecule has 1 N–H and O–H groups in total. The number of carbonyl (C=O) groups excluding carboxylic acids is 2. The van der Waals surface area contributed by atoms with Crippen molar-refractivity contribution in [1.82, 2.24) is 14.8 Å². The number of rotatable bonds is 3. The number of imide groups is 1. The lowest BCUT2D eigenvalue weighted by molar-refractivity contribution is -0.137. The first-order valence-electron chi connectivity index (χ1n) is 7.83. The number of nitrogens with zero attached hydrogens (tertiary/aromatic N) is 4. The molecular weight excluding hydrogens is 399 g/mol. The van der Waals surface area contributed by atoms with Gasteiger partial charge in [0.15, 0.2) is 5.65 Å². The number of halogens is 4. The summed E-state index contributed by atoms with van der Waals surface area (Å²) in [5, 5.41) is 6.79. The van der Waals surface area contributed by atoms with Crippen molar-refractivity contribution in [3.63, 3.8) is 0 Å². The van der Waals surface area contributed by atoms with Crippen LogP contribution in [0.25, 0.3) is 11.0 Å². The van der Waals surface area contributed by atoms with Gasteiger partial charge in [-0.25, -0.2) is 14.7 Å². The van der Waals surface area contributed by atoms with Crippen LogP contribution in [-0.4, -0.2) is 27.2 Å². The van der Waals surface area contributed by atoms with Crippen LogP contribution < -0.4 is 10.2 Å². The minimum absolute atomic E-state index is 0.111. The van der Waals surface area contributed by atoms with E-state index in [9.17, 15) is 22.8 Å². The van der Waals surface area contributed by atoms with Gasteiger partial charge >= 0.3 is 12.2 Å². The van der Waals surface area contributed by atoms with Crippen molar-refractivity contribution < 1.29 is 22.8 Å². The molecule has 3 amide bonds. The number of aryl methyl sites for hydroxylation is 2. The lowest BCUT2D eigenvalue weighted by Gasteiger charge is -2.18. The van der Waals surface area contributed by atoms with E-state index >= 15 is 0 Å². The summed E-state index contributed by atoms with van der Waals surface area (Å²) < 4.78 is 40.6. The Kier molecular flexibility index (Phi) is 4.99. The van der Waals surface area contributed by atoms with Crippen molar-refractivity contribution in [2.24, 2.45) is 7.05 Å². The summed E-state index contributed by atoms with van der Waals surface area (Å²) in [4.78, 5) is 28.5. The van der Waals surface area contributed by atoms with Crippen LogP contribution in [-0.2, 0) is 18.0 Å². The third kappa shape index (κ3) is 3.63. The maximum Gasteiger partial charge on any atom is 0.417 e. The van der Waals surface area contributed by atoms with Gasteiger partial charge in [-0.2, -0.15) is 18.3 Å². The maximum absolute atomic E-state index is 13.0. The number of alkyl halides is 3. The van der Waals surface area contributed by atoms with E-state index in [0.29, 0.717) is 27.7 Å². The molecule has 146 valence electrons. The van der Waals surface area contributed by atoms with E-state index in [4.69, 9.17) is 11.6 Å². The number of anilines is 2. The highest BCUT2D eigenvalue weighted by Crippen LogP contribution is 2.37. The largest absolute Gasteiger partial charge is 0.417 e. The van der Waals surface area contributed by atoms with Gasteiger partial charge in [-0.1, -0.05) is 11.6 Å². The third-order valence-electron chi connectivity index (χ3n) is 3.97. The Morgan fingerprint density at radius 2 is 2.04 bits per heavy atom. The summed E-state index contributed by atoms with van der Waals surface area (Å²) in [6, 6.07) is 3.39. The molecule has 0 aliphatic carbocycles. The average molecular weight is 412 g/mol. The highest BCUT2D eigenvalue weighted by molar-refractivity contribution is 6.31. The molecule has 0 fully saturated rings. The second kappa shape index (κ2) is 7.12. The van der Waals surface area contributed by atoms with E-state index in [-0.39, 0.29) is 17.8 Å². The molecule has 2 heterocycles. The molecule has 3 rings (SSSR count). The third-order valence-corrected chi connectivity index (χ3v) is 4.30. The Morgan fingerprint density at radius 3 is 2.68 bits per heavy atom. The number of carbonyl (C=O) groups is 2. The number of urea groups is 1. The van der Waals surface area contributed by atoms with Crippen LogP contribution in [0.4, 0.5) is 29.3 Å². The van der Waals surface area contributed by atoms with Gasteiger partial charge in [-0.3, -0.25) is 9.48 Å². The maximum atomic E-state index is 13.0. The first-order chi connectivity index (χ1) is 13.1. The SMILES string of the molecule is Cc1nn(C)c2ncc(NC(=O)N(C=O)c3ccc(Cl)c(C(F)(F)F)c3)cc12. The van der Waals surface area contributed by atoms with Gasteiger partial charge in [-0.05, 0) is 31.2 Å². The summed E-state index contributed by atoms with van der Waals surface area (Å²) in [6.07, 6.45) is -3.27. The molecule has 0 bridgehead atoms. The van der Waals surface area contributed by atoms with Gasteiger partial charge in [0.1, 0.15) is 0 Å². The van der Waals surface area contributed by atoms with Crippen molar-refractivity contribution >= 4 is 46.5 Å². The number of hydrogen-bond donors (Lipinski definition) is 1. The molecule has 7 nitrogen and oxygen atoms in total. The fraction of sp³-hybridized carbons (Fsp3) is 0.176. The van der Waals surface area contributed by atoms with E-state index in [1.54, 1.807) is 24.7 Å². The molecule has 0 atom stereocenters. The number of hydrogen-bond acceptors (Lipinski definition) is 4. The van der Waals surface area contributed by atoms with Crippen LogP contribution >= 0.6 is 11.6 Å². The van der Waals surface area contributed by atoms with E-state index in [2.05, 4.69) is 15.4 Å². The van der Waals surface area contributed by atoms with E-state index in [1.807, 2.05) is 0 Å². The lowest BCUT2D eigenvalue weighted by atomic mass is 10.2. The number of amides is 3. The standard InChI is InChI=1S/C17H13ClF3N5O2/c1-9-12-5-10(7-22-15(12)25(2)24-9)23-16(28)26(8-27)11-3-4-14(18)13(6-11)17(19,20)21/h3-8H,1-2H3,(H,23,28). The van der Waals surface area contributed by atoms with Gasteiger partial charge in [0.05, 0.1) is 33.9 Å². The van der Waals surface area contributed by atoms with Gasteiger partial charge in [0.2, 0.25) is 6.41 Å². The number of benzene rings is 1. The van der Waals surface area contributed by atoms with Crippen LogP contribution in [0.5, 0.6) is 0 Å². The Morgan fingerprint density at radius 1 is 1.32 bits per heavy atom. The van der Waals surface area contributed by atoms with E-state index in [0.717, 1.165) is 12.1 Å². The molecule has 0 saturated heterocycles. The van der Waals surface area contributed by atoms with Gasteiger partial charge in [0, 0.05) is 12.4 Å². The molecule has 0 aliphatic heterocycles. The fourth-order valence-corrected chi connectivity index (χ4v) is 2.89.